The van der Waals surface area contributed by atoms with Crippen LogP contribution in [0.1, 0.15) is 103 Å². The molecular formula is C58H54B2N2O2. The van der Waals surface area contributed by atoms with E-state index in [1.807, 2.05) is 0 Å². The zero-order valence-corrected chi connectivity index (χ0v) is 38.4. The molecule has 0 saturated heterocycles. The monoisotopic (exact) mass is 832 g/mol. The summed E-state index contributed by atoms with van der Waals surface area (Å²) in [5, 5.41) is 0. The summed E-state index contributed by atoms with van der Waals surface area (Å²) in [6.07, 6.45) is 4.68. The summed E-state index contributed by atoms with van der Waals surface area (Å²) in [4.78, 5) is 5.14. The quantitative estimate of drug-likeness (QED) is 0.162. The summed E-state index contributed by atoms with van der Waals surface area (Å²) < 4.78 is 13.7. The zero-order chi connectivity index (χ0) is 43.7. The first-order chi connectivity index (χ1) is 30.7. The van der Waals surface area contributed by atoms with E-state index in [0.29, 0.717) is 0 Å². The molecule has 4 nitrogen and oxygen atoms in total. The van der Waals surface area contributed by atoms with E-state index < -0.39 is 0 Å². The van der Waals surface area contributed by atoms with Crippen LogP contribution in [0.3, 0.4) is 0 Å². The van der Waals surface area contributed by atoms with Crippen molar-refractivity contribution in [3.63, 3.8) is 0 Å². The predicted molar refractivity (Wildman–Crippen MR) is 269 cm³/mol. The minimum atomic E-state index is -0.0207. The van der Waals surface area contributed by atoms with Crippen LogP contribution < -0.4 is 52.1 Å². The van der Waals surface area contributed by atoms with Crippen molar-refractivity contribution in [2.45, 2.75) is 103 Å². The number of fused-ring (bicyclic) bond motifs is 10. The minimum Gasteiger partial charge on any atom is -0.458 e. The number of rotatable bonds is 2. The molecule has 4 heterocycles. The van der Waals surface area contributed by atoms with E-state index in [4.69, 9.17) is 9.47 Å². The Kier molecular flexibility index (Phi) is 7.65. The van der Waals surface area contributed by atoms with Gasteiger partial charge in [-0.15, -0.1) is 0 Å². The first-order valence-corrected chi connectivity index (χ1v) is 23.6. The predicted octanol–water partition coefficient (Wildman–Crippen LogP) is 11.2. The van der Waals surface area contributed by atoms with Crippen LogP contribution in [0.5, 0.6) is 23.0 Å². The van der Waals surface area contributed by atoms with Gasteiger partial charge in [-0.25, -0.2) is 0 Å². The van der Waals surface area contributed by atoms with Crippen LogP contribution in [0.4, 0.5) is 34.1 Å². The topological polar surface area (TPSA) is 24.9 Å². The van der Waals surface area contributed by atoms with Crippen molar-refractivity contribution >= 4 is 80.3 Å². The van der Waals surface area contributed by atoms with Gasteiger partial charge in [0.15, 0.2) is 0 Å². The largest absolute Gasteiger partial charge is 0.458 e. The molecule has 2 aliphatic carbocycles. The van der Waals surface area contributed by atoms with Crippen LogP contribution in [-0.2, 0) is 21.7 Å². The minimum absolute atomic E-state index is 0.0207. The highest BCUT2D eigenvalue weighted by Crippen LogP contribution is 2.52. The standard InChI is InChI=1S/C58H54B2N2O2/c1-55(2)27-29-57(5,6)39-31-35(23-25-37(39)55)61-45-17-13-21-51-53(45)59(41-15-9-11-19-49(41)63-51)43-33-44-48(34-47(43)61)62(36-24-26-38-40(32-36)58(7,8)30-28-56(38,3)4)46-18-14-22-52-54(46)60(44)42-16-10-12-20-50(42)64-52/h9-26,31-34H,27-30H2,1-8H3. The fourth-order valence-electron chi connectivity index (χ4n) is 12.7. The molecule has 0 unspecified atom stereocenters. The SMILES string of the molecule is CC1(C)CCC(C)(C)c2cc(N3c4cc5c(cc4B4c6ccccc6Oc6cccc3c64)B3c4ccccc4Oc4cccc(c43)N5c3ccc4c(c3)C(C)(C)CCC4(C)C)ccc21. The van der Waals surface area contributed by atoms with Crippen molar-refractivity contribution in [2.24, 2.45) is 0 Å². The number of nitrogens with zero attached hydrogens (tertiary/aromatic N) is 2. The van der Waals surface area contributed by atoms with E-state index in [9.17, 15) is 0 Å². The third kappa shape index (κ3) is 5.20. The molecule has 0 aromatic heterocycles. The van der Waals surface area contributed by atoms with Crippen LogP contribution in [0.15, 0.2) is 133 Å². The second-order valence-electron chi connectivity index (χ2n) is 22.2. The normalized spacial score (nSPS) is 19.0. The maximum atomic E-state index is 6.85. The summed E-state index contributed by atoms with van der Waals surface area (Å²) >= 11 is 0. The highest BCUT2D eigenvalue weighted by atomic mass is 16.5. The molecule has 314 valence electrons. The molecule has 0 bridgehead atoms. The fraction of sp³-hybridized carbons (Fsp3) is 0.276. The average Bonchev–Trinajstić information content (AvgIpc) is 3.28. The Labute approximate surface area is 379 Å². The molecule has 0 amide bonds. The Morgan fingerprint density at radius 3 is 1.19 bits per heavy atom. The van der Waals surface area contributed by atoms with E-state index in [1.165, 1.54) is 102 Å². The van der Waals surface area contributed by atoms with Crippen LogP contribution >= 0.6 is 0 Å². The van der Waals surface area contributed by atoms with Crippen molar-refractivity contribution < 1.29 is 9.47 Å². The van der Waals surface area contributed by atoms with Gasteiger partial charge in [0.2, 0.25) is 0 Å². The van der Waals surface area contributed by atoms with Gasteiger partial charge in [-0.3, -0.25) is 0 Å². The van der Waals surface area contributed by atoms with Crippen molar-refractivity contribution in [3.05, 3.63) is 156 Å². The van der Waals surface area contributed by atoms with Gasteiger partial charge in [-0.1, -0.05) is 122 Å². The summed E-state index contributed by atoms with van der Waals surface area (Å²) in [5.41, 5.74) is 20.8. The molecule has 7 aromatic carbocycles. The first kappa shape index (κ1) is 38.3. The summed E-state index contributed by atoms with van der Waals surface area (Å²) in [6, 6.07) is 50.6. The van der Waals surface area contributed by atoms with Gasteiger partial charge in [-0.2, -0.15) is 0 Å². The molecule has 0 N–H and O–H groups in total. The van der Waals surface area contributed by atoms with Crippen molar-refractivity contribution in [2.75, 3.05) is 9.80 Å². The molecule has 13 rings (SSSR count). The number of hydrogen-bond acceptors (Lipinski definition) is 4. The Hall–Kier alpha value is -6.13. The lowest BCUT2D eigenvalue weighted by atomic mass is 9.31. The van der Waals surface area contributed by atoms with E-state index >= 15 is 0 Å². The molecule has 6 aliphatic rings. The molecule has 0 atom stereocenters. The molecule has 6 heteroatoms. The molecule has 0 saturated carbocycles. The highest BCUT2D eigenvalue weighted by Gasteiger charge is 2.48. The molecule has 0 fully saturated rings. The average molecular weight is 833 g/mol. The third-order valence-corrected chi connectivity index (χ3v) is 16.5. The van der Waals surface area contributed by atoms with Crippen molar-refractivity contribution in [1.82, 2.24) is 0 Å². The van der Waals surface area contributed by atoms with E-state index in [1.54, 1.807) is 0 Å². The molecular weight excluding hydrogens is 778 g/mol. The van der Waals surface area contributed by atoms with Gasteiger partial charge >= 0.3 is 0 Å². The molecule has 7 aromatic rings. The number of benzene rings is 7. The Bertz CT molecular complexity index is 2970. The van der Waals surface area contributed by atoms with Gasteiger partial charge in [0.25, 0.3) is 13.4 Å². The van der Waals surface area contributed by atoms with Gasteiger partial charge in [0.05, 0.1) is 0 Å². The Balaban J connectivity index is 1.13. The van der Waals surface area contributed by atoms with Gasteiger partial charge in [-0.05, 0) is 169 Å². The van der Waals surface area contributed by atoms with E-state index in [2.05, 4.69) is 199 Å². The smallest absolute Gasteiger partial charge is 0.256 e. The van der Waals surface area contributed by atoms with E-state index in [-0.39, 0.29) is 35.1 Å². The lowest BCUT2D eigenvalue weighted by molar-refractivity contribution is 0.332. The molecule has 0 spiro atoms. The molecule has 0 radical (unpaired) electrons. The van der Waals surface area contributed by atoms with Crippen LogP contribution in [0.25, 0.3) is 0 Å². The lowest BCUT2D eigenvalue weighted by Crippen LogP contribution is -2.63. The zero-order valence-electron chi connectivity index (χ0n) is 38.4. The first-order valence-electron chi connectivity index (χ1n) is 23.6. The van der Waals surface area contributed by atoms with E-state index in [0.717, 1.165) is 35.8 Å². The maximum Gasteiger partial charge on any atom is 0.256 e. The van der Waals surface area contributed by atoms with Crippen LogP contribution in [0, 0.1) is 0 Å². The molecule has 64 heavy (non-hydrogen) atoms. The van der Waals surface area contributed by atoms with Gasteiger partial charge in [0.1, 0.15) is 23.0 Å². The summed E-state index contributed by atoms with van der Waals surface area (Å²) in [6.45, 7) is 19.4. The third-order valence-electron chi connectivity index (χ3n) is 16.5. The summed E-state index contributed by atoms with van der Waals surface area (Å²) in [5.74, 6) is 3.72. The van der Waals surface area contributed by atoms with Crippen LogP contribution in [-0.4, -0.2) is 13.4 Å². The number of hydrogen-bond donors (Lipinski definition) is 0. The Morgan fingerprint density at radius 2 is 0.750 bits per heavy atom. The Morgan fingerprint density at radius 1 is 0.359 bits per heavy atom. The van der Waals surface area contributed by atoms with Gasteiger partial charge in [0, 0.05) is 34.1 Å². The van der Waals surface area contributed by atoms with Gasteiger partial charge < -0.3 is 19.3 Å². The maximum absolute atomic E-state index is 6.85. The van der Waals surface area contributed by atoms with Crippen molar-refractivity contribution in [3.8, 4) is 23.0 Å². The fourth-order valence-corrected chi connectivity index (χ4v) is 12.7. The number of ether oxygens (including phenoxy) is 2. The number of anilines is 6. The second-order valence-corrected chi connectivity index (χ2v) is 22.2. The highest BCUT2D eigenvalue weighted by molar-refractivity contribution is 7.02. The lowest BCUT2D eigenvalue weighted by Gasteiger charge is -2.46. The summed E-state index contributed by atoms with van der Waals surface area (Å²) in [7, 11) is 0. The van der Waals surface area contributed by atoms with Crippen molar-refractivity contribution in [1.29, 1.82) is 0 Å². The number of para-hydroxylation sites is 2. The second kappa shape index (κ2) is 12.8. The molecule has 4 aliphatic heterocycles. The van der Waals surface area contributed by atoms with Crippen LogP contribution in [0.2, 0.25) is 0 Å².